The van der Waals surface area contributed by atoms with Gasteiger partial charge in [0.2, 0.25) is 0 Å². The molecule has 1 unspecified atom stereocenters. The lowest BCUT2D eigenvalue weighted by atomic mass is 10.0. The molecule has 0 bridgehead atoms. The van der Waals surface area contributed by atoms with Crippen LogP contribution < -0.4 is 5.32 Å². The summed E-state index contributed by atoms with van der Waals surface area (Å²) in [6.07, 6.45) is 0.821. The average molecular weight is 297 g/mol. The van der Waals surface area contributed by atoms with Gasteiger partial charge >= 0.3 is 0 Å². The van der Waals surface area contributed by atoms with Crippen molar-refractivity contribution >= 4 is 22.5 Å². The fraction of sp³-hybridized carbons (Fsp3) is 0.167. The van der Waals surface area contributed by atoms with E-state index in [1.54, 1.807) is 0 Å². The standard InChI is InChI=1S/C18H17ClN2/c1-20-18(12-14-7-2-4-8-15(14)19)17-11-10-13-6-3-5-9-16(13)21-17/h2-11,18,20H,12H2,1H3. The molecule has 106 valence electrons. The monoisotopic (exact) mass is 296 g/mol. The number of likely N-dealkylation sites (N-methyl/N-ethyl adjacent to an activating group) is 1. The lowest BCUT2D eigenvalue weighted by Gasteiger charge is -2.17. The van der Waals surface area contributed by atoms with Crippen LogP contribution in [0.4, 0.5) is 0 Å². The van der Waals surface area contributed by atoms with Crippen LogP contribution in [0.5, 0.6) is 0 Å². The summed E-state index contributed by atoms with van der Waals surface area (Å²) in [7, 11) is 1.96. The lowest BCUT2D eigenvalue weighted by molar-refractivity contribution is 0.578. The number of para-hydroxylation sites is 1. The molecule has 1 N–H and O–H groups in total. The summed E-state index contributed by atoms with van der Waals surface area (Å²) in [6, 6.07) is 20.5. The van der Waals surface area contributed by atoms with Crippen molar-refractivity contribution in [3.05, 3.63) is 76.9 Å². The Hall–Kier alpha value is -1.90. The summed E-state index contributed by atoms with van der Waals surface area (Å²) in [5.41, 5.74) is 3.19. The zero-order valence-electron chi connectivity index (χ0n) is 11.9. The summed E-state index contributed by atoms with van der Waals surface area (Å²) >= 11 is 6.26. The van der Waals surface area contributed by atoms with Crippen molar-refractivity contribution in [3.63, 3.8) is 0 Å². The molecule has 3 rings (SSSR count). The first-order valence-corrected chi connectivity index (χ1v) is 7.42. The van der Waals surface area contributed by atoms with Crippen molar-refractivity contribution in [1.29, 1.82) is 0 Å². The molecule has 0 spiro atoms. The molecule has 0 radical (unpaired) electrons. The molecule has 0 aliphatic rings. The van der Waals surface area contributed by atoms with Crippen LogP contribution in [0.15, 0.2) is 60.7 Å². The lowest BCUT2D eigenvalue weighted by Crippen LogP contribution is -2.20. The fourth-order valence-corrected chi connectivity index (χ4v) is 2.73. The highest BCUT2D eigenvalue weighted by Crippen LogP contribution is 2.23. The van der Waals surface area contributed by atoms with E-state index in [0.717, 1.165) is 33.6 Å². The van der Waals surface area contributed by atoms with Crippen molar-refractivity contribution in [2.45, 2.75) is 12.5 Å². The van der Waals surface area contributed by atoms with Crippen molar-refractivity contribution in [2.75, 3.05) is 7.05 Å². The molecule has 2 aromatic carbocycles. The minimum Gasteiger partial charge on any atom is -0.311 e. The third-order valence-corrected chi connectivity index (χ3v) is 4.08. The predicted octanol–water partition coefficient (Wildman–Crippen LogP) is 4.39. The number of pyridine rings is 1. The van der Waals surface area contributed by atoms with E-state index in [9.17, 15) is 0 Å². The van der Waals surface area contributed by atoms with Crippen LogP contribution in [0, 0.1) is 0 Å². The van der Waals surface area contributed by atoms with Gasteiger partial charge in [0, 0.05) is 10.4 Å². The summed E-state index contributed by atoms with van der Waals surface area (Å²) in [5, 5.41) is 5.30. The zero-order chi connectivity index (χ0) is 14.7. The molecule has 1 atom stereocenters. The molecule has 0 fully saturated rings. The van der Waals surface area contributed by atoms with E-state index in [4.69, 9.17) is 16.6 Å². The molecule has 3 heteroatoms. The number of halogens is 1. The van der Waals surface area contributed by atoms with E-state index in [0.29, 0.717) is 0 Å². The Bertz CT molecular complexity index is 755. The topological polar surface area (TPSA) is 24.9 Å². The first-order chi connectivity index (χ1) is 10.3. The van der Waals surface area contributed by atoms with Crippen LogP contribution in [0.2, 0.25) is 5.02 Å². The molecule has 0 aliphatic heterocycles. The Balaban J connectivity index is 1.93. The number of hydrogen-bond acceptors (Lipinski definition) is 2. The molecule has 0 amide bonds. The Kier molecular flexibility index (Phi) is 4.18. The minimum atomic E-state index is 0.148. The second kappa shape index (κ2) is 6.25. The van der Waals surface area contributed by atoms with Crippen molar-refractivity contribution in [3.8, 4) is 0 Å². The van der Waals surface area contributed by atoms with Gasteiger partial charge in [-0.15, -0.1) is 0 Å². The van der Waals surface area contributed by atoms with Gasteiger partial charge < -0.3 is 5.32 Å². The number of benzene rings is 2. The van der Waals surface area contributed by atoms with Gasteiger partial charge in [-0.1, -0.05) is 54.1 Å². The van der Waals surface area contributed by atoms with E-state index in [1.807, 2.05) is 43.4 Å². The molecule has 1 aromatic heterocycles. The SMILES string of the molecule is CNC(Cc1ccccc1Cl)c1ccc2ccccc2n1. The van der Waals surface area contributed by atoms with Gasteiger partial charge in [-0.25, -0.2) is 0 Å². The number of nitrogens with zero attached hydrogens (tertiary/aromatic N) is 1. The number of fused-ring (bicyclic) bond motifs is 1. The third-order valence-electron chi connectivity index (χ3n) is 3.71. The van der Waals surface area contributed by atoms with Crippen LogP contribution in [-0.2, 0) is 6.42 Å². The zero-order valence-corrected chi connectivity index (χ0v) is 12.6. The second-order valence-corrected chi connectivity index (χ2v) is 5.47. The van der Waals surface area contributed by atoms with Crippen LogP contribution in [-0.4, -0.2) is 12.0 Å². The predicted molar refractivity (Wildman–Crippen MR) is 88.7 cm³/mol. The molecule has 3 aromatic rings. The normalized spacial score (nSPS) is 12.5. The van der Waals surface area contributed by atoms with Crippen LogP contribution >= 0.6 is 11.6 Å². The van der Waals surface area contributed by atoms with Gasteiger partial charge in [-0.05, 0) is 37.2 Å². The first-order valence-electron chi connectivity index (χ1n) is 7.04. The molecular weight excluding hydrogens is 280 g/mol. The van der Waals surface area contributed by atoms with Gasteiger partial charge in [-0.2, -0.15) is 0 Å². The highest BCUT2D eigenvalue weighted by molar-refractivity contribution is 6.31. The average Bonchev–Trinajstić information content (AvgIpc) is 2.54. The summed E-state index contributed by atoms with van der Waals surface area (Å²) < 4.78 is 0. The smallest absolute Gasteiger partial charge is 0.0706 e. The Labute approximate surface area is 129 Å². The molecule has 1 heterocycles. The molecular formula is C18H17ClN2. The van der Waals surface area contributed by atoms with Gasteiger partial charge in [0.15, 0.2) is 0 Å². The summed E-state index contributed by atoms with van der Waals surface area (Å²) in [4.78, 5) is 4.77. The summed E-state index contributed by atoms with van der Waals surface area (Å²) in [5.74, 6) is 0. The van der Waals surface area contributed by atoms with Gasteiger partial charge in [0.05, 0.1) is 17.3 Å². The maximum atomic E-state index is 6.26. The Morgan fingerprint density at radius 2 is 1.76 bits per heavy atom. The van der Waals surface area contributed by atoms with Crippen molar-refractivity contribution in [2.24, 2.45) is 0 Å². The van der Waals surface area contributed by atoms with Gasteiger partial charge in [0.1, 0.15) is 0 Å². The Morgan fingerprint density at radius 3 is 2.57 bits per heavy atom. The highest BCUT2D eigenvalue weighted by atomic mass is 35.5. The second-order valence-electron chi connectivity index (χ2n) is 5.07. The molecule has 0 aliphatic carbocycles. The summed E-state index contributed by atoms with van der Waals surface area (Å²) in [6.45, 7) is 0. The Morgan fingerprint density at radius 1 is 1.00 bits per heavy atom. The maximum Gasteiger partial charge on any atom is 0.0706 e. The molecule has 0 saturated carbocycles. The first kappa shape index (κ1) is 14.1. The molecule has 2 nitrogen and oxygen atoms in total. The third kappa shape index (κ3) is 3.07. The highest BCUT2D eigenvalue weighted by Gasteiger charge is 2.13. The van der Waals surface area contributed by atoms with Crippen LogP contribution in [0.3, 0.4) is 0 Å². The van der Waals surface area contributed by atoms with Crippen LogP contribution in [0.1, 0.15) is 17.3 Å². The minimum absolute atomic E-state index is 0.148. The van der Waals surface area contributed by atoms with Crippen molar-refractivity contribution in [1.82, 2.24) is 10.3 Å². The number of aromatic nitrogens is 1. The van der Waals surface area contributed by atoms with E-state index in [2.05, 4.69) is 29.6 Å². The van der Waals surface area contributed by atoms with Gasteiger partial charge in [0.25, 0.3) is 0 Å². The number of hydrogen-bond donors (Lipinski definition) is 1. The fourth-order valence-electron chi connectivity index (χ4n) is 2.51. The molecule has 0 saturated heterocycles. The van der Waals surface area contributed by atoms with E-state index in [-0.39, 0.29) is 6.04 Å². The van der Waals surface area contributed by atoms with E-state index in [1.165, 1.54) is 0 Å². The largest absolute Gasteiger partial charge is 0.311 e. The maximum absolute atomic E-state index is 6.26. The van der Waals surface area contributed by atoms with Crippen molar-refractivity contribution < 1.29 is 0 Å². The van der Waals surface area contributed by atoms with Gasteiger partial charge in [-0.3, -0.25) is 4.98 Å². The number of nitrogens with one attached hydrogen (secondary N) is 1. The van der Waals surface area contributed by atoms with Crippen LogP contribution in [0.25, 0.3) is 10.9 Å². The van der Waals surface area contributed by atoms with E-state index >= 15 is 0 Å². The quantitative estimate of drug-likeness (QED) is 0.772. The number of rotatable bonds is 4. The van der Waals surface area contributed by atoms with E-state index < -0.39 is 0 Å². The molecule has 21 heavy (non-hydrogen) atoms.